The molecule has 0 heterocycles. The highest BCUT2D eigenvalue weighted by Crippen LogP contribution is 2.38. The molecule has 4 unspecified atom stereocenters. The average molecular weight is 344 g/mol. The maximum Gasteiger partial charge on any atom is 0.184 e. The van der Waals surface area contributed by atoms with Gasteiger partial charge in [-0.3, -0.25) is 4.79 Å². The Morgan fingerprint density at radius 1 is 1.32 bits per heavy atom. The molecule has 0 spiro atoms. The average Bonchev–Trinajstić information content (AvgIpc) is 3.04. The van der Waals surface area contributed by atoms with Gasteiger partial charge in [0.15, 0.2) is 5.78 Å². The van der Waals surface area contributed by atoms with E-state index in [4.69, 9.17) is 0 Å². The number of carbonyl (C=O) groups excluding carboxylic acids is 1. The van der Waals surface area contributed by atoms with Crippen molar-refractivity contribution in [2.75, 3.05) is 0 Å². The van der Waals surface area contributed by atoms with Crippen molar-refractivity contribution in [3.05, 3.63) is 47.6 Å². The van der Waals surface area contributed by atoms with Gasteiger partial charge in [-0.05, 0) is 37.3 Å². The Labute approximate surface area is 151 Å². The molecule has 4 atom stereocenters. The summed E-state index contributed by atoms with van der Waals surface area (Å²) in [6.45, 7) is 4.16. The molecule has 0 saturated heterocycles. The molecule has 138 valence electrons. The van der Waals surface area contributed by atoms with Crippen LogP contribution in [0.1, 0.15) is 58.8 Å². The lowest BCUT2D eigenvalue weighted by atomic mass is 9.76. The van der Waals surface area contributed by atoms with Gasteiger partial charge in [0.05, 0.1) is 6.10 Å². The third kappa shape index (κ3) is 5.79. The minimum absolute atomic E-state index is 0.182. The zero-order chi connectivity index (χ0) is 18.2. The Bertz CT molecular complexity index is 568. The van der Waals surface area contributed by atoms with Crippen LogP contribution in [0.5, 0.6) is 0 Å². The first-order valence-electron chi connectivity index (χ1n) is 9.67. The molecule has 0 radical (unpaired) electrons. The fourth-order valence-corrected chi connectivity index (χ4v) is 3.69. The predicted molar refractivity (Wildman–Crippen MR) is 102 cm³/mol. The highest BCUT2D eigenvalue weighted by molar-refractivity contribution is 5.96. The summed E-state index contributed by atoms with van der Waals surface area (Å²) in [6.07, 6.45) is 17.6. The highest BCUT2D eigenvalue weighted by Gasteiger charge is 2.37. The van der Waals surface area contributed by atoms with Gasteiger partial charge in [-0.15, -0.1) is 0 Å². The topological polar surface area (TPSA) is 57.5 Å². The lowest BCUT2D eigenvalue weighted by Crippen LogP contribution is -2.36. The largest absolute Gasteiger partial charge is 0.389 e. The van der Waals surface area contributed by atoms with Crippen molar-refractivity contribution in [3.8, 4) is 0 Å². The molecule has 0 bridgehead atoms. The third-order valence-electron chi connectivity index (χ3n) is 5.20. The van der Waals surface area contributed by atoms with Gasteiger partial charge in [-0.25, -0.2) is 0 Å². The second kappa shape index (κ2) is 9.88. The number of rotatable bonds is 9. The molecule has 3 heteroatoms. The van der Waals surface area contributed by atoms with Gasteiger partial charge in [0.1, 0.15) is 6.10 Å². The summed E-state index contributed by atoms with van der Waals surface area (Å²) in [6, 6.07) is 0. The monoisotopic (exact) mass is 344 g/mol. The Kier molecular flexibility index (Phi) is 7.86. The lowest BCUT2D eigenvalue weighted by Gasteiger charge is -2.30. The number of ketones is 1. The van der Waals surface area contributed by atoms with Crippen molar-refractivity contribution >= 4 is 5.78 Å². The number of unbranched alkanes of at least 4 members (excludes halogenated alkanes) is 4. The Morgan fingerprint density at radius 2 is 2.08 bits per heavy atom. The molecule has 0 aromatic heterocycles. The van der Waals surface area contributed by atoms with E-state index in [1.54, 1.807) is 6.08 Å². The molecule has 3 nitrogen and oxygen atoms in total. The lowest BCUT2D eigenvalue weighted by molar-refractivity contribution is -0.125. The molecule has 0 aromatic rings. The fourth-order valence-electron chi connectivity index (χ4n) is 3.69. The zero-order valence-electron chi connectivity index (χ0n) is 15.5. The van der Waals surface area contributed by atoms with Crippen LogP contribution in [0.25, 0.3) is 0 Å². The molecule has 2 aliphatic rings. The first-order chi connectivity index (χ1) is 12.0. The Balaban J connectivity index is 1.87. The van der Waals surface area contributed by atoms with Crippen LogP contribution in [-0.2, 0) is 4.79 Å². The standard InChI is InChI=1S/C22H32O3/c1-3-4-5-6-7-10-18(23)13-12-16(2)14-20-19-11-8-9-17(19)15-21(24)22(20)25/h8-9,12-15,18-20,22-23,25H,3-7,10-11H2,1-2H3/b13-12+,16-14-. The van der Waals surface area contributed by atoms with Crippen LogP contribution < -0.4 is 0 Å². The van der Waals surface area contributed by atoms with Crippen LogP contribution in [0.4, 0.5) is 0 Å². The quantitative estimate of drug-likeness (QED) is 0.485. The van der Waals surface area contributed by atoms with E-state index >= 15 is 0 Å². The molecule has 2 rings (SSSR count). The predicted octanol–water partition coefficient (Wildman–Crippen LogP) is 4.27. The summed E-state index contributed by atoms with van der Waals surface area (Å²) in [5.74, 6) is -0.194. The van der Waals surface area contributed by atoms with Crippen LogP contribution in [0.2, 0.25) is 0 Å². The van der Waals surface area contributed by atoms with E-state index in [0.717, 1.165) is 30.4 Å². The number of allylic oxidation sites excluding steroid dienone is 5. The molecule has 0 amide bonds. The van der Waals surface area contributed by atoms with E-state index in [2.05, 4.69) is 13.0 Å². The van der Waals surface area contributed by atoms with Gasteiger partial charge in [0.25, 0.3) is 0 Å². The number of hydrogen-bond donors (Lipinski definition) is 2. The van der Waals surface area contributed by atoms with Gasteiger partial charge >= 0.3 is 0 Å². The normalized spacial score (nSPS) is 27.7. The molecular formula is C22H32O3. The number of hydrogen-bond acceptors (Lipinski definition) is 3. The highest BCUT2D eigenvalue weighted by atomic mass is 16.3. The summed E-state index contributed by atoms with van der Waals surface area (Å²) in [7, 11) is 0. The Hall–Kier alpha value is -1.45. The van der Waals surface area contributed by atoms with Crippen LogP contribution >= 0.6 is 0 Å². The van der Waals surface area contributed by atoms with Crippen molar-refractivity contribution in [1.29, 1.82) is 0 Å². The smallest absolute Gasteiger partial charge is 0.184 e. The molecule has 2 N–H and O–H groups in total. The number of aliphatic hydroxyl groups excluding tert-OH is 2. The summed E-state index contributed by atoms with van der Waals surface area (Å²) in [5.41, 5.74) is 2.01. The first-order valence-corrected chi connectivity index (χ1v) is 9.67. The molecule has 0 aliphatic heterocycles. The van der Waals surface area contributed by atoms with Crippen molar-refractivity contribution in [2.45, 2.75) is 71.0 Å². The Morgan fingerprint density at radius 3 is 2.84 bits per heavy atom. The van der Waals surface area contributed by atoms with Crippen molar-refractivity contribution in [2.24, 2.45) is 11.8 Å². The number of fused-ring (bicyclic) bond motifs is 1. The van der Waals surface area contributed by atoms with Crippen molar-refractivity contribution in [3.63, 3.8) is 0 Å². The summed E-state index contributed by atoms with van der Waals surface area (Å²) in [5, 5.41) is 20.3. The molecule has 0 saturated carbocycles. The molecule has 2 aliphatic carbocycles. The molecule has 0 aromatic carbocycles. The van der Waals surface area contributed by atoms with Gasteiger partial charge in [0.2, 0.25) is 0 Å². The van der Waals surface area contributed by atoms with Gasteiger partial charge in [-0.1, -0.05) is 75.0 Å². The summed E-state index contributed by atoms with van der Waals surface area (Å²) >= 11 is 0. The fraction of sp³-hybridized carbons (Fsp3) is 0.591. The second-order valence-electron chi connectivity index (χ2n) is 7.35. The maximum atomic E-state index is 11.9. The first kappa shape index (κ1) is 19.9. The molecule has 25 heavy (non-hydrogen) atoms. The molecule has 0 fully saturated rings. The molecular weight excluding hydrogens is 312 g/mol. The van der Waals surface area contributed by atoms with E-state index in [1.165, 1.54) is 25.7 Å². The van der Waals surface area contributed by atoms with E-state index in [1.807, 2.05) is 31.2 Å². The van der Waals surface area contributed by atoms with Crippen LogP contribution in [0.15, 0.2) is 47.6 Å². The summed E-state index contributed by atoms with van der Waals surface area (Å²) < 4.78 is 0. The van der Waals surface area contributed by atoms with Gasteiger partial charge in [-0.2, -0.15) is 0 Å². The SMILES string of the molecule is CCCCCCCC(O)/C=C/C(C)=C\C1C(O)C(=O)C=C2C=CCC21. The van der Waals surface area contributed by atoms with Crippen molar-refractivity contribution < 1.29 is 15.0 Å². The third-order valence-corrected chi connectivity index (χ3v) is 5.20. The van der Waals surface area contributed by atoms with Crippen LogP contribution in [0.3, 0.4) is 0 Å². The van der Waals surface area contributed by atoms with E-state index in [0.29, 0.717) is 0 Å². The maximum absolute atomic E-state index is 11.9. The summed E-state index contributed by atoms with van der Waals surface area (Å²) in [4.78, 5) is 11.9. The number of carbonyl (C=O) groups is 1. The van der Waals surface area contributed by atoms with Gasteiger partial charge < -0.3 is 10.2 Å². The number of aliphatic hydroxyl groups is 2. The van der Waals surface area contributed by atoms with Gasteiger partial charge in [0, 0.05) is 5.92 Å². The van der Waals surface area contributed by atoms with E-state index in [9.17, 15) is 15.0 Å². The zero-order valence-corrected chi connectivity index (χ0v) is 15.5. The van der Waals surface area contributed by atoms with Crippen LogP contribution in [-0.4, -0.2) is 28.2 Å². The minimum atomic E-state index is -0.958. The van der Waals surface area contributed by atoms with E-state index < -0.39 is 12.2 Å². The second-order valence-corrected chi connectivity index (χ2v) is 7.35. The van der Waals surface area contributed by atoms with Crippen LogP contribution in [0, 0.1) is 11.8 Å². The van der Waals surface area contributed by atoms with Crippen molar-refractivity contribution in [1.82, 2.24) is 0 Å². The minimum Gasteiger partial charge on any atom is -0.389 e. The van der Waals surface area contributed by atoms with E-state index in [-0.39, 0.29) is 17.6 Å².